The van der Waals surface area contributed by atoms with Crippen molar-refractivity contribution in [2.45, 2.75) is 71.5 Å². The first kappa shape index (κ1) is 25.3. The van der Waals surface area contributed by atoms with Gasteiger partial charge in [-0.15, -0.1) is 0 Å². The van der Waals surface area contributed by atoms with Crippen LogP contribution >= 0.6 is 0 Å². The zero-order chi connectivity index (χ0) is 24.2. The molecule has 2 N–H and O–H groups in total. The number of carbonyl (C=O) groups is 1. The van der Waals surface area contributed by atoms with Crippen LogP contribution in [0.1, 0.15) is 57.1 Å². The highest BCUT2D eigenvalue weighted by Crippen LogP contribution is 2.34. The Hall–Kier alpha value is -2.99. The van der Waals surface area contributed by atoms with E-state index in [9.17, 15) is 23.3 Å². The van der Waals surface area contributed by atoms with Gasteiger partial charge < -0.3 is 10.1 Å². The molecule has 0 aliphatic rings. The van der Waals surface area contributed by atoms with E-state index in [1.54, 1.807) is 20.8 Å². The minimum Gasteiger partial charge on any atom is -0.438 e. The van der Waals surface area contributed by atoms with Crippen molar-refractivity contribution in [2.24, 2.45) is 0 Å². The summed E-state index contributed by atoms with van der Waals surface area (Å²) < 4.78 is 35.8. The third-order valence-electron chi connectivity index (χ3n) is 4.67. The largest absolute Gasteiger partial charge is 0.438 e. The third-order valence-corrected chi connectivity index (χ3v) is 6.28. The van der Waals surface area contributed by atoms with Crippen LogP contribution in [0, 0.1) is 17.0 Å². The molecule has 1 heterocycles. The number of rotatable bonds is 10. The maximum absolute atomic E-state index is 13.0. The van der Waals surface area contributed by atoms with Crippen molar-refractivity contribution >= 4 is 21.6 Å². The van der Waals surface area contributed by atoms with Gasteiger partial charge >= 0.3 is 0 Å². The monoisotopic (exact) mass is 467 g/mol. The molecule has 0 saturated carbocycles. The fourth-order valence-corrected chi connectivity index (χ4v) is 4.32. The Kier molecular flexibility index (Phi) is 7.97. The zero-order valence-corrected chi connectivity index (χ0v) is 19.8. The van der Waals surface area contributed by atoms with Crippen LogP contribution in [0.25, 0.3) is 0 Å². The first-order chi connectivity index (χ1) is 14.9. The van der Waals surface area contributed by atoms with E-state index in [4.69, 9.17) is 4.74 Å². The Morgan fingerprint density at radius 2 is 1.94 bits per heavy atom. The average molecular weight is 468 g/mol. The Morgan fingerprint density at radius 3 is 2.47 bits per heavy atom. The Labute approximate surface area is 187 Å². The van der Waals surface area contributed by atoms with E-state index in [2.05, 4.69) is 15.1 Å². The van der Waals surface area contributed by atoms with Gasteiger partial charge in [0.15, 0.2) is 5.69 Å². The summed E-state index contributed by atoms with van der Waals surface area (Å²) in [5.74, 6) is -0.320. The maximum atomic E-state index is 13.0. The summed E-state index contributed by atoms with van der Waals surface area (Å²) in [7, 11) is -4.12. The molecular formula is C20H29N5O6S. The lowest BCUT2D eigenvalue weighted by atomic mass is 10.2. The van der Waals surface area contributed by atoms with E-state index >= 15 is 0 Å². The molecule has 0 saturated heterocycles. The number of nitrogens with zero attached hydrogens (tertiary/aromatic N) is 3. The lowest BCUT2D eigenvalue weighted by Crippen LogP contribution is -2.32. The van der Waals surface area contributed by atoms with E-state index in [1.165, 1.54) is 10.7 Å². The molecule has 0 spiro atoms. The van der Waals surface area contributed by atoms with Crippen molar-refractivity contribution in [3.63, 3.8) is 0 Å². The standard InChI is InChI=1S/C20H29N5O6S/c1-7-13(5)23-32(29,30)17-11-15(25(27)28)9-10-16(17)31-20-14(6)18(22-24(20)8-2)19(26)21-12(3)4/h9-13,23H,7-8H2,1-6H3,(H,21,26)/t13-/m0/s1. The first-order valence-corrected chi connectivity index (χ1v) is 11.8. The Morgan fingerprint density at radius 1 is 1.28 bits per heavy atom. The molecule has 12 heteroatoms. The molecule has 32 heavy (non-hydrogen) atoms. The van der Waals surface area contributed by atoms with Crippen LogP contribution in [0.3, 0.4) is 0 Å². The van der Waals surface area contributed by atoms with Gasteiger partial charge in [0.25, 0.3) is 11.6 Å². The van der Waals surface area contributed by atoms with E-state index < -0.39 is 14.9 Å². The van der Waals surface area contributed by atoms with E-state index in [1.807, 2.05) is 20.8 Å². The van der Waals surface area contributed by atoms with Gasteiger partial charge in [0.1, 0.15) is 10.6 Å². The quantitative estimate of drug-likeness (QED) is 0.403. The van der Waals surface area contributed by atoms with Crippen molar-refractivity contribution in [3.05, 3.63) is 39.6 Å². The number of ether oxygens (including phenoxy) is 1. The fourth-order valence-electron chi connectivity index (χ4n) is 2.85. The molecule has 0 fully saturated rings. The summed E-state index contributed by atoms with van der Waals surface area (Å²) in [5.41, 5.74) is 0.181. The van der Waals surface area contributed by atoms with Gasteiger partial charge in [0, 0.05) is 36.3 Å². The minimum atomic E-state index is -4.12. The van der Waals surface area contributed by atoms with Crippen molar-refractivity contribution < 1.29 is 22.9 Å². The van der Waals surface area contributed by atoms with E-state index in [0.29, 0.717) is 18.5 Å². The third kappa shape index (κ3) is 5.62. The van der Waals surface area contributed by atoms with Crippen molar-refractivity contribution in [2.75, 3.05) is 0 Å². The number of nitro benzene ring substituents is 1. The van der Waals surface area contributed by atoms with Crippen molar-refractivity contribution in [1.29, 1.82) is 0 Å². The summed E-state index contributed by atoms with van der Waals surface area (Å²) in [6.45, 7) is 10.9. The number of hydrogen-bond donors (Lipinski definition) is 2. The second-order valence-corrected chi connectivity index (χ2v) is 9.33. The number of sulfonamides is 1. The molecule has 11 nitrogen and oxygen atoms in total. The van der Waals surface area contributed by atoms with Crippen molar-refractivity contribution in [1.82, 2.24) is 19.8 Å². The minimum absolute atomic E-state index is 0.101. The zero-order valence-electron chi connectivity index (χ0n) is 19.0. The molecule has 1 aromatic carbocycles. The number of amides is 1. The molecule has 1 atom stereocenters. The number of aryl methyl sites for hydroxylation is 1. The van der Waals surface area contributed by atoms with Gasteiger partial charge in [-0.1, -0.05) is 6.92 Å². The molecule has 0 aliphatic carbocycles. The summed E-state index contributed by atoms with van der Waals surface area (Å²) in [6.07, 6.45) is 0.528. The van der Waals surface area contributed by atoms with Gasteiger partial charge in [-0.3, -0.25) is 14.9 Å². The average Bonchev–Trinajstić information content (AvgIpc) is 3.02. The smallest absolute Gasteiger partial charge is 0.272 e. The lowest BCUT2D eigenvalue weighted by Gasteiger charge is -2.16. The van der Waals surface area contributed by atoms with Gasteiger partial charge in [0.05, 0.1) is 4.92 Å². The predicted octanol–water partition coefficient (Wildman–Crippen LogP) is 3.13. The molecule has 0 radical (unpaired) electrons. The maximum Gasteiger partial charge on any atom is 0.272 e. The second-order valence-electron chi connectivity index (χ2n) is 7.64. The van der Waals surface area contributed by atoms with Gasteiger partial charge in [-0.25, -0.2) is 17.8 Å². The van der Waals surface area contributed by atoms with Crippen molar-refractivity contribution in [3.8, 4) is 11.6 Å². The molecule has 176 valence electrons. The highest BCUT2D eigenvalue weighted by molar-refractivity contribution is 7.89. The Bertz CT molecular complexity index is 1110. The van der Waals surface area contributed by atoms with Crippen LogP contribution in [-0.4, -0.2) is 41.1 Å². The van der Waals surface area contributed by atoms with Crippen LogP contribution in [0.5, 0.6) is 11.6 Å². The summed E-state index contributed by atoms with van der Waals surface area (Å²) >= 11 is 0. The number of non-ortho nitro benzene ring substituents is 1. The molecule has 0 bridgehead atoms. The van der Waals surface area contributed by atoms with E-state index in [0.717, 1.165) is 12.1 Å². The summed E-state index contributed by atoms with van der Waals surface area (Å²) in [6, 6.07) is 2.85. The lowest BCUT2D eigenvalue weighted by molar-refractivity contribution is -0.385. The number of nitro groups is 1. The number of hydrogen-bond acceptors (Lipinski definition) is 7. The molecule has 2 aromatic rings. The molecule has 1 aromatic heterocycles. The fraction of sp³-hybridized carbons (Fsp3) is 0.500. The summed E-state index contributed by atoms with van der Waals surface area (Å²) in [5, 5.41) is 18.3. The second kappa shape index (κ2) is 10.1. The molecule has 1 amide bonds. The van der Waals surface area contributed by atoms with Crippen LogP contribution in [0.2, 0.25) is 0 Å². The highest BCUT2D eigenvalue weighted by atomic mass is 32.2. The first-order valence-electron chi connectivity index (χ1n) is 10.3. The highest BCUT2D eigenvalue weighted by Gasteiger charge is 2.28. The summed E-state index contributed by atoms with van der Waals surface area (Å²) in [4.78, 5) is 22.7. The normalized spacial score (nSPS) is 12.6. The Balaban J connectivity index is 2.59. The number of carbonyl (C=O) groups excluding carboxylic acids is 1. The van der Waals surface area contributed by atoms with Crippen LogP contribution in [0.4, 0.5) is 5.69 Å². The topological polar surface area (TPSA) is 145 Å². The molecular weight excluding hydrogens is 438 g/mol. The molecule has 0 unspecified atom stereocenters. The SMILES string of the molecule is CC[C@H](C)NS(=O)(=O)c1cc([N+](=O)[O-])ccc1Oc1c(C)c(C(=O)NC(C)C)nn1CC. The van der Waals surface area contributed by atoms with Crippen LogP contribution in [0.15, 0.2) is 23.1 Å². The van der Waals surface area contributed by atoms with Gasteiger partial charge in [0.2, 0.25) is 15.9 Å². The van der Waals surface area contributed by atoms with E-state index in [-0.39, 0.29) is 45.9 Å². The predicted molar refractivity (Wildman–Crippen MR) is 118 cm³/mol. The number of aromatic nitrogens is 2. The van der Waals surface area contributed by atoms with Crippen LogP contribution < -0.4 is 14.8 Å². The number of nitrogens with one attached hydrogen (secondary N) is 2. The van der Waals surface area contributed by atoms with Crippen LogP contribution in [-0.2, 0) is 16.6 Å². The van der Waals surface area contributed by atoms with Gasteiger partial charge in [-0.2, -0.15) is 5.10 Å². The van der Waals surface area contributed by atoms with Gasteiger partial charge in [-0.05, 0) is 47.1 Å². The molecule has 2 rings (SSSR count). The number of benzene rings is 1. The molecule has 0 aliphatic heterocycles.